The third-order valence-corrected chi connectivity index (χ3v) is 3.34. The number of nitrogens with zero attached hydrogens (tertiary/aromatic N) is 1. The topological polar surface area (TPSA) is 58.4 Å². The van der Waals surface area contributed by atoms with Gasteiger partial charge in [0.1, 0.15) is 0 Å². The van der Waals surface area contributed by atoms with Gasteiger partial charge < -0.3 is 16.0 Å². The summed E-state index contributed by atoms with van der Waals surface area (Å²) in [7, 11) is 0. The summed E-state index contributed by atoms with van der Waals surface area (Å²) in [6, 6.07) is 9.97. The van der Waals surface area contributed by atoms with Crippen molar-refractivity contribution >= 4 is 11.6 Å². The lowest BCUT2D eigenvalue weighted by Crippen LogP contribution is -2.41. The monoisotopic (exact) mass is 277 g/mol. The first-order valence-electron chi connectivity index (χ1n) is 7.52. The van der Waals surface area contributed by atoms with E-state index in [2.05, 4.69) is 29.3 Å². The van der Waals surface area contributed by atoms with Gasteiger partial charge in [-0.3, -0.25) is 4.79 Å². The van der Waals surface area contributed by atoms with Gasteiger partial charge in [0.25, 0.3) is 0 Å². The van der Waals surface area contributed by atoms with E-state index in [4.69, 9.17) is 5.73 Å². The van der Waals surface area contributed by atoms with Crippen molar-refractivity contribution in [2.24, 2.45) is 5.73 Å². The molecule has 1 aromatic rings. The maximum absolute atomic E-state index is 11.7. The van der Waals surface area contributed by atoms with E-state index in [9.17, 15) is 4.79 Å². The van der Waals surface area contributed by atoms with Gasteiger partial charge in [0, 0.05) is 25.3 Å². The average molecular weight is 277 g/mol. The van der Waals surface area contributed by atoms with E-state index >= 15 is 0 Å². The van der Waals surface area contributed by atoms with E-state index in [0.717, 1.165) is 32.4 Å². The fraction of sp³-hybridized carbons (Fsp3) is 0.562. The van der Waals surface area contributed by atoms with Crippen LogP contribution in [0, 0.1) is 0 Å². The van der Waals surface area contributed by atoms with E-state index in [1.54, 1.807) is 0 Å². The maximum Gasteiger partial charge on any atom is 0.236 e. The highest BCUT2D eigenvalue weighted by molar-refractivity contribution is 5.81. The average Bonchev–Trinajstić information content (AvgIpc) is 2.48. The summed E-state index contributed by atoms with van der Waals surface area (Å²) < 4.78 is 0. The Morgan fingerprint density at radius 3 is 2.60 bits per heavy atom. The Morgan fingerprint density at radius 2 is 2.00 bits per heavy atom. The maximum atomic E-state index is 11.7. The summed E-state index contributed by atoms with van der Waals surface area (Å²) in [5.41, 5.74) is 6.99. The molecule has 1 unspecified atom stereocenters. The molecule has 0 saturated carbocycles. The molecule has 3 N–H and O–H groups in total. The molecule has 0 fully saturated rings. The van der Waals surface area contributed by atoms with Crippen molar-refractivity contribution in [2.75, 3.05) is 24.5 Å². The van der Waals surface area contributed by atoms with Crippen LogP contribution in [0.25, 0.3) is 0 Å². The van der Waals surface area contributed by atoms with Crippen molar-refractivity contribution in [3.05, 3.63) is 30.3 Å². The van der Waals surface area contributed by atoms with Crippen LogP contribution in [0.15, 0.2) is 30.3 Å². The fourth-order valence-corrected chi connectivity index (χ4v) is 2.16. The third-order valence-electron chi connectivity index (χ3n) is 3.34. The number of benzene rings is 1. The minimum absolute atomic E-state index is 0.0328. The van der Waals surface area contributed by atoms with Gasteiger partial charge in [-0.25, -0.2) is 0 Å². The molecule has 0 aromatic heterocycles. The highest BCUT2D eigenvalue weighted by Gasteiger charge is 2.11. The van der Waals surface area contributed by atoms with Gasteiger partial charge in [-0.1, -0.05) is 31.5 Å². The van der Waals surface area contributed by atoms with Crippen molar-refractivity contribution in [3.63, 3.8) is 0 Å². The fourth-order valence-electron chi connectivity index (χ4n) is 2.16. The number of hydrogen-bond donors (Lipinski definition) is 2. The first kappa shape index (κ1) is 16.5. The largest absolute Gasteiger partial charge is 0.372 e. The van der Waals surface area contributed by atoms with Gasteiger partial charge in [-0.05, 0) is 31.9 Å². The molecule has 112 valence electrons. The lowest BCUT2D eigenvalue weighted by molar-refractivity contribution is -0.122. The molecule has 1 atom stereocenters. The van der Waals surface area contributed by atoms with Crippen LogP contribution >= 0.6 is 0 Å². The van der Waals surface area contributed by atoms with E-state index in [0.29, 0.717) is 6.54 Å². The van der Waals surface area contributed by atoms with Gasteiger partial charge in [-0.15, -0.1) is 0 Å². The van der Waals surface area contributed by atoms with Crippen LogP contribution in [-0.4, -0.2) is 31.6 Å². The van der Waals surface area contributed by atoms with Crippen LogP contribution in [0.1, 0.15) is 33.1 Å². The quantitative estimate of drug-likeness (QED) is 0.680. The molecule has 4 heteroatoms. The number of anilines is 1. The summed E-state index contributed by atoms with van der Waals surface area (Å²) in [6.07, 6.45) is 2.61. The Morgan fingerprint density at radius 1 is 1.30 bits per heavy atom. The molecule has 1 aromatic carbocycles. The SMILES string of the molecule is CCCC(N)C(=O)NCCCN(CC)c1ccccc1. The highest BCUT2D eigenvalue weighted by Crippen LogP contribution is 2.12. The normalized spacial score (nSPS) is 11.9. The second kappa shape index (κ2) is 9.37. The first-order valence-corrected chi connectivity index (χ1v) is 7.52. The van der Waals surface area contributed by atoms with Crippen LogP contribution in [0.2, 0.25) is 0 Å². The zero-order chi connectivity index (χ0) is 14.8. The minimum atomic E-state index is -0.364. The molecule has 0 spiro atoms. The van der Waals surface area contributed by atoms with E-state index in [1.807, 2.05) is 25.1 Å². The van der Waals surface area contributed by atoms with Gasteiger partial charge in [0.05, 0.1) is 6.04 Å². The molecular weight excluding hydrogens is 250 g/mol. The zero-order valence-corrected chi connectivity index (χ0v) is 12.6. The van der Waals surface area contributed by atoms with Crippen LogP contribution in [0.3, 0.4) is 0 Å². The summed E-state index contributed by atoms with van der Waals surface area (Å²) in [4.78, 5) is 14.0. The molecule has 0 aliphatic carbocycles. The first-order chi connectivity index (χ1) is 9.69. The van der Waals surface area contributed by atoms with Gasteiger partial charge in [-0.2, -0.15) is 0 Å². The molecule has 0 radical (unpaired) electrons. The number of hydrogen-bond acceptors (Lipinski definition) is 3. The number of carbonyl (C=O) groups excluding carboxylic acids is 1. The Hall–Kier alpha value is -1.55. The number of amides is 1. The van der Waals surface area contributed by atoms with E-state index < -0.39 is 0 Å². The molecule has 0 aliphatic rings. The summed E-state index contributed by atoms with van der Waals surface area (Å²) in [5.74, 6) is -0.0328. The minimum Gasteiger partial charge on any atom is -0.372 e. The Balaban J connectivity index is 2.27. The van der Waals surface area contributed by atoms with Crippen molar-refractivity contribution in [3.8, 4) is 0 Å². The lowest BCUT2D eigenvalue weighted by Gasteiger charge is -2.23. The second-order valence-electron chi connectivity index (χ2n) is 4.95. The summed E-state index contributed by atoms with van der Waals surface area (Å²) >= 11 is 0. The number of carbonyl (C=O) groups is 1. The van der Waals surface area contributed by atoms with Crippen molar-refractivity contribution in [1.29, 1.82) is 0 Å². The molecule has 4 nitrogen and oxygen atoms in total. The number of para-hydroxylation sites is 1. The Labute approximate surface area is 122 Å². The molecule has 20 heavy (non-hydrogen) atoms. The molecule has 0 bridgehead atoms. The molecule has 1 amide bonds. The van der Waals surface area contributed by atoms with Gasteiger partial charge in [0.2, 0.25) is 5.91 Å². The van der Waals surface area contributed by atoms with Gasteiger partial charge in [0.15, 0.2) is 0 Å². The van der Waals surface area contributed by atoms with Crippen LogP contribution < -0.4 is 16.0 Å². The van der Waals surface area contributed by atoms with Crippen LogP contribution in [0.4, 0.5) is 5.69 Å². The van der Waals surface area contributed by atoms with E-state index in [-0.39, 0.29) is 11.9 Å². The molecule has 0 aliphatic heterocycles. The summed E-state index contributed by atoms with van der Waals surface area (Å²) in [5, 5.41) is 2.91. The molecule has 1 rings (SSSR count). The van der Waals surface area contributed by atoms with Gasteiger partial charge >= 0.3 is 0 Å². The Kier molecular flexibility index (Phi) is 7.73. The Bertz CT molecular complexity index is 381. The molecular formula is C16H27N3O. The standard InChI is InChI=1S/C16H27N3O/c1-3-9-15(17)16(20)18-12-8-13-19(4-2)14-10-6-5-7-11-14/h5-7,10-11,15H,3-4,8-9,12-13,17H2,1-2H3,(H,18,20). The van der Waals surface area contributed by atoms with Crippen molar-refractivity contribution in [2.45, 2.75) is 39.2 Å². The zero-order valence-electron chi connectivity index (χ0n) is 12.6. The molecule has 0 saturated heterocycles. The predicted octanol–water partition coefficient (Wildman–Crippen LogP) is 2.15. The lowest BCUT2D eigenvalue weighted by atomic mass is 10.1. The second-order valence-corrected chi connectivity index (χ2v) is 4.95. The smallest absolute Gasteiger partial charge is 0.236 e. The van der Waals surface area contributed by atoms with Crippen LogP contribution in [0.5, 0.6) is 0 Å². The highest BCUT2D eigenvalue weighted by atomic mass is 16.2. The van der Waals surface area contributed by atoms with Crippen molar-refractivity contribution in [1.82, 2.24) is 5.32 Å². The number of nitrogens with two attached hydrogens (primary N) is 1. The third kappa shape index (κ3) is 5.61. The van der Waals surface area contributed by atoms with Crippen LogP contribution in [-0.2, 0) is 4.79 Å². The summed E-state index contributed by atoms with van der Waals surface area (Å²) in [6.45, 7) is 6.76. The van der Waals surface area contributed by atoms with E-state index in [1.165, 1.54) is 5.69 Å². The number of nitrogens with one attached hydrogen (secondary N) is 1. The molecule has 0 heterocycles. The number of rotatable bonds is 9. The predicted molar refractivity (Wildman–Crippen MR) is 84.8 cm³/mol. The van der Waals surface area contributed by atoms with Crippen molar-refractivity contribution < 1.29 is 4.79 Å².